The molecule has 0 atom stereocenters. The van der Waals surface area contributed by atoms with Gasteiger partial charge in [0.1, 0.15) is 11.5 Å². The highest BCUT2D eigenvalue weighted by Gasteiger charge is 2.13. The number of sulfone groups is 1. The molecule has 0 aliphatic rings. The summed E-state index contributed by atoms with van der Waals surface area (Å²) in [6.07, 6.45) is 4.77. The van der Waals surface area contributed by atoms with Crippen molar-refractivity contribution in [2.45, 2.75) is 0 Å². The highest BCUT2D eigenvalue weighted by Crippen LogP contribution is 1.87. The van der Waals surface area contributed by atoms with E-state index in [1.165, 1.54) is 7.05 Å². The molecule has 1 N–H and O–H groups in total. The number of amides is 1. The highest BCUT2D eigenvalue weighted by molar-refractivity contribution is 7.92. The van der Waals surface area contributed by atoms with Gasteiger partial charge < -0.3 is 5.32 Å². The molecule has 0 aromatic heterocycles. The maximum absolute atomic E-state index is 10.8. The molecule has 0 bridgehead atoms. The number of hydrogen-bond donors (Lipinski definition) is 1. The summed E-state index contributed by atoms with van der Waals surface area (Å²) in [6.45, 7) is 0. The maximum Gasteiger partial charge on any atom is 0.234 e. The molecule has 0 aromatic carbocycles. The van der Waals surface area contributed by atoms with Gasteiger partial charge in [-0.3, -0.25) is 4.79 Å². The van der Waals surface area contributed by atoms with Crippen molar-refractivity contribution in [3.63, 3.8) is 0 Å². The molecule has 4 nitrogen and oxygen atoms in total. The van der Waals surface area contributed by atoms with E-state index < -0.39 is 21.5 Å². The first-order chi connectivity index (χ1) is 5.02. The van der Waals surface area contributed by atoms with Gasteiger partial charge in [0, 0.05) is 7.05 Å². The van der Waals surface area contributed by atoms with Crippen LogP contribution in [0, 0.1) is 12.3 Å². The minimum absolute atomic E-state index is 0.388. The fraction of sp³-hybridized carbons (Fsp3) is 0.500. The molecule has 0 unspecified atom stereocenters. The van der Waals surface area contributed by atoms with Crippen LogP contribution in [0.2, 0.25) is 0 Å². The molecule has 0 aliphatic carbocycles. The van der Waals surface area contributed by atoms with Crippen molar-refractivity contribution >= 4 is 15.7 Å². The Bertz CT molecular complexity index is 273. The minimum Gasteiger partial charge on any atom is -0.358 e. The summed E-state index contributed by atoms with van der Waals surface area (Å²) in [6, 6.07) is 0. The zero-order chi connectivity index (χ0) is 8.91. The number of hydrogen-bond acceptors (Lipinski definition) is 3. The van der Waals surface area contributed by atoms with Crippen molar-refractivity contribution in [3.8, 4) is 12.3 Å². The third kappa shape index (κ3) is 4.39. The van der Waals surface area contributed by atoms with Gasteiger partial charge in [0.05, 0.1) is 0 Å². The Morgan fingerprint density at radius 2 is 2.18 bits per heavy atom. The Morgan fingerprint density at radius 1 is 1.64 bits per heavy atom. The van der Waals surface area contributed by atoms with Crippen molar-refractivity contribution in [2.24, 2.45) is 0 Å². The van der Waals surface area contributed by atoms with E-state index in [2.05, 4.69) is 5.32 Å². The fourth-order valence-corrected chi connectivity index (χ4v) is 1.35. The molecule has 0 spiro atoms. The summed E-state index contributed by atoms with van der Waals surface area (Å²) in [5.74, 6) is 0.506. The van der Waals surface area contributed by atoms with Crippen LogP contribution in [0.15, 0.2) is 0 Å². The van der Waals surface area contributed by atoms with Crippen LogP contribution in [0.5, 0.6) is 0 Å². The lowest BCUT2D eigenvalue weighted by molar-refractivity contribution is -0.118. The third-order valence-corrected chi connectivity index (χ3v) is 2.24. The van der Waals surface area contributed by atoms with Crippen molar-refractivity contribution in [2.75, 3.05) is 18.6 Å². The quantitative estimate of drug-likeness (QED) is 0.547. The Labute approximate surface area is 65.9 Å². The predicted molar refractivity (Wildman–Crippen MR) is 41.6 cm³/mol. The summed E-state index contributed by atoms with van der Waals surface area (Å²) in [7, 11) is -2.02. The molecule has 0 aromatic rings. The molecule has 0 saturated carbocycles. The number of nitrogens with one attached hydrogen (secondary N) is 1. The Hall–Kier alpha value is -1.02. The summed E-state index contributed by atoms with van der Waals surface area (Å²) in [5.41, 5.74) is 0. The molecule has 0 saturated heterocycles. The Morgan fingerprint density at radius 3 is 2.55 bits per heavy atom. The second-order valence-corrected chi connectivity index (χ2v) is 3.97. The van der Waals surface area contributed by atoms with Gasteiger partial charge in [0.25, 0.3) is 0 Å². The molecular formula is C6H9NO3S. The van der Waals surface area contributed by atoms with Crippen LogP contribution >= 0.6 is 0 Å². The van der Waals surface area contributed by atoms with Gasteiger partial charge >= 0.3 is 0 Å². The molecule has 0 rings (SSSR count). The zero-order valence-corrected chi connectivity index (χ0v) is 6.94. The van der Waals surface area contributed by atoms with Crippen molar-refractivity contribution in [1.29, 1.82) is 0 Å². The van der Waals surface area contributed by atoms with Gasteiger partial charge in [-0.15, -0.1) is 6.42 Å². The first kappa shape index (κ1) is 9.98. The van der Waals surface area contributed by atoms with Crippen LogP contribution in [0.4, 0.5) is 0 Å². The van der Waals surface area contributed by atoms with E-state index in [-0.39, 0.29) is 5.75 Å². The lowest BCUT2D eigenvalue weighted by Gasteiger charge is -1.97. The second-order valence-electron chi connectivity index (χ2n) is 1.91. The molecule has 1 amide bonds. The van der Waals surface area contributed by atoms with E-state index in [1.807, 2.05) is 5.92 Å². The van der Waals surface area contributed by atoms with Gasteiger partial charge in [0.15, 0.2) is 9.84 Å². The second kappa shape index (κ2) is 3.98. The van der Waals surface area contributed by atoms with Crippen LogP contribution < -0.4 is 5.32 Å². The monoisotopic (exact) mass is 175 g/mol. The van der Waals surface area contributed by atoms with Crippen LogP contribution in [0.3, 0.4) is 0 Å². The topological polar surface area (TPSA) is 63.2 Å². The van der Waals surface area contributed by atoms with Gasteiger partial charge in [-0.1, -0.05) is 5.92 Å². The summed E-state index contributed by atoms with van der Waals surface area (Å²) >= 11 is 0. The zero-order valence-electron chi connectivity index (χ0n) is 6.12. The van der Waals surface area contributed by atoms with Gasteiger partial charge in [0.2, 0.25) is 5.91 Å². The van der Waals surface area contributed by atoms with E-state index in [0.29, 0.717) is 0 Å². The molecule has 62 valence electrons. The van der Waals surface area contributed by atoms with Gasteiger partial charge in [-0.05, 0) is 0 Å². The standard InChI is InChI=1S/C6H9NO3S/c1-3-4-11(9,10)5-6(8)7-2/h1H,4-5H2,2H3,(H,7,8). The lowest BCUT2D eigenvalue weighted by Crippen LogP contribution is -2.27. The van der Waals surface area contributed by atoms with E-state index in [9.17, 15) is 13.2 Å². The van der Waals surface area contributed by atoms with E-state index in [1.54, 1.807) is 0 Å². The highest BCUT2D eigenvalue weighted by atomic mass is 32.2. The van der Waals surface area contributed by atoms with Gasteiger partial charge in [-0.2, -0.15) is 0 Å². The third-order valence-electron chi connectivity index (χ3n) is 0.933. The first-order valence-electron chi connectivity index (χ1n) is 2.86. The Balaban J connectivity index is 4.17. The normalized spacial score (nSPS) is 10.2. The van der Waals surface area contributed by atoms with Crippen molar-refractivity contribution in [1.82, 2.24) is 5.32 Å². The predicted octanol–water partition coefficient (Wildman–Crippen LogP) is -1.22. The molecule has 11 heavy (non-hydrogen) atoms. The SMILES string of the molecule is C#CCS(=O)(=O)CC(=O)NC. The Kier molecular flexibility index (Phi) is 3.61. The van der Waals surface area contributed by atoms with E-state index in [0.717, 1.165) is 0 Å². The molecule has 0 heterocycles. The average Bonchev–Trinajstić information content (AvgIpc) is 1.86. The summed E-state index contributed by atoms with van der Waals surface area (Å²) < 4.78 is 21.6. The summed E-state index contributed by atoms with van der Waals surface area (Å²) in [4.78, 5) is 10.5. The van der Waals surface area contributed by atoms with Crippen LogP contribution in [-0.2, 0) is 14.6 Å². The first-order valence-corrected chi connectivity index (χ1v) is 4.68. The molecular weight excluding hydrogens is 166 g/mol. The fourth-order valence-electron chi connectivity index (χ4n) is 0.450. The molecule has 5 heteroatoms. The maximum atomic E-state index is 10.8. The van der Waals surface area contributed by atoms with Crippen LogP contribution in [0.1, 0.15) is 0 Å². The van der Waals surface area contributed by atoms with Crippen molar-refractivity contribution < 1.29 is 13.2 Å². The number of terminal acetylenes is 1. The van der Waals surface area contributed by atoms with Crippen LogP contribution in [-0.4, -0.2) is 32.9 Å². The lowest BCUT2D eigenvalue weighted by atomic mass is 10.7. The smallest absolute Gasteiger partial charge is 0.234 e. The molecule has 0 aliphatic heterocycles. The number of carbonyl (C=O) groups is 1. The number of rotatable bonds is 3. The van der Waals surface area contributed by atoms with Crippen LogP contribution in [0.25, 0.3) is 0 Å². The van der Waals surface area contributed by atoms with Crippen molar-refractivity contribution in [3.05, 3.63) is 0 Å². The summed E-state index contributed by atoms with van der Waals surface area (Å²) in [5, 5.41) is 2.19. The van der Waals surface area contributed by atoms with Gasteiger partial charge in [-0.25, -0.2) is 8.42 Å². The van der Waals surface area contributed by atoms with E-state index in [4.69, 9.17) is 6.42 Å². The molecule has 0 radical (unpaired) electrons. The molecule has 0 fully saturated rings. The minimum atomic E-state index is -3.39. The average molecular weight is 175 g/mol. The number of carbonyl (C=O) groups excluding carboxylic acids is 1. The largest absolute Gasteiger partial charge is 0.358 e. The van der Waals surface area contributed by atoms with E-state index >= 15 is 0 Å².